The molecule has 3 nitrogen and oxygen atoms in total. The molecule has 0 atom stereocenters. The lowest BCUT2D eigenvalue weighted by atomic mass is 9.35. The van der Waals surface area contributed by atoms with Gasteiger partial charge in [0.15, 0.2) is 0 Å². The van der Waals surface area contributed by atoms with Crippen molar-refractivity contribution in [3.63, 3.8) is 0 Å². The Hall–Kier alpha value is -5.48. The third-order valence-corrected chi connectivity index (χ3v) is 22.1. The first-order chi connectivity index (χ1) is 36.6. The van der Waals surface area contributed by atoms with Crippen molar-refractivity contribution in [2.24, 2.45) is 0 Å². The highest BCUT2D eigenvalue weighted by Crippen LogP contribution is 2.58. The maximum Gasteiger partial charge on any atom is 0.297 e. The topological polar surface area (TPSA) is 19.6 Å². The minimum atomic E-state index is -0.145. The van der Waals surface area contributed by atoms with Gasteiger partial charge in [-0.3, -0.25) is 0 Å². The average molecular weight is 1050 g/mol. The maximum atomic E-state index is 7.67. The van der Waals surface area contributed by atoms with E-state index in [1.165, 1.54) is 130 Å². The van der Waals surface area contributed by atoms with Gasteiger partial charge in [-0.25, -0.2) is 0 Å². The van der Waals surface area contributed by atoms with Gasteiger partial charge in [0.05, 0.1) is 17.0 Å². The summed E-state index contributed by atoms with van der Waals surface area (Å²) in [6, 6.07) is 37.9. The molecule has 79 heavy (non-hydrogen) atoms. The van der Waals surface area contributed by atoms with Crippen LogP contribution in [0.1, 0.15) is 239 Å². The molecule has 6 aliphatic rings. The van der Waals surface area contributed by atoms with Crippen LogP contribution in [-0.2, 0) is 48.7 Å². The van der Waals surface area contributed by atoms with Gasteiger partial charge in [-0.1, -0.05) is 168 Å². The fourth-order valence-electron chi connectivity index (χ4n) is 16.3. The van der Waals surface area contributed by atoms with Crippen LogP contribution >= 0.6 is 0 Å². The zero-order chi connectivity index (χ0) is 56.5. The summed E-state index contributed by atoms with van der Waals surface area (Å²) < 4.78 is 7.67. The van der Waals surface area contributed by atoms with Crippen LogP contribution in [0.25, 0.3) is 22.1 Å². The Labute approximate surface area is 476 Å². The molecule has 4 aliphatic carbocycles. The average Bonchev–Trinajstić information content (AvgIpc) is 2.26. The predicted molar refractivity (Wildman–Crippen MR) is 340 cm³/mol. The first-order valence-electron chi connectivity index (χ1n) is 30.6. The first kappa shape index (κ1) is 52.9. The molecule has 0 bridgehead atoms. The molecule has 2 aliphatic heterocycles. The lowest BCUT2D eigenvalue weighted by molar-refractivity contribution is 0.331. The largest absolute Gasteiger partial charge is 0.468 e. The highest BCUT2D eigenvalue weighted by atomic mass is 16.3. The maximum absolute atomic E-state index is 7.67. The molecule has 0 spiro atoms. The van der Waals surface area contributed by atoms with E-state index in [0.29, 0.717) is 0 Å². The number of benzene rings is 6. The molecule has 7 aromatic rings. The second-order valence-corrected chi connectivity index (χ2v) is 32.5. The van der Waals surface area contributed by atoms with Gasteiger partial charge in [-0.05, 0) is 234 Å². The van der Waals surface area contributed by atoms with Crippen molar-refractivity contribution in [2.45, 2.75) is 239 Å². The zero-order valence-corrected chi connectivity index (χ0v) is 52.2. The second-order valence-electron chi connectivity index (χ2n) is 32.5. The molecular weight excluding hydrogens is 956 g/mol. The molecule has 6 aromatic carbocycles. The Morgan fingerprint density at radius 2 is 0.924 bits per heavy atom. The van der Waals surface area contributed by atoms with Crippen molar-refractivity contribution in [1.29, 1.82) is 0 Å². The van der Waals surface area contributed by atoms with Gasteiger partial charge in [0.2, 0.25) is 0 Å². The first-order valence-corrected chi connectivity index (χ1v) is 30.6. The Kier molecular flexibility index (Phi) is 11.0. The fourth-order valence-corrected chi connectivity index (χ4v) is 16.3. The molecule has 0 fully saturated rings. The molecule has 1 aromatic heterocycles. The third-order valence-electron chi connectivity index (χ3n) is 22.1. The van der Waals surface area contributed by atoms with Crippen molar-refractivity contribution < 1.29 is 4.42 Å². The van der Waals surface area contributed by atoms with Crippen LogP contribution in [0.15, 0.2) is 95.4 Å². The monoisotopic (exact) mass is 1050 g/mol. The van der Waals surface area contributed by atoms with Crippen LogP contribution in [0.2, 0.25) is 0 Å². The number of furan rings is 1. The molecule has 4 heteroatoms. The van der Waals surface area contributed by atoms with Gasteiger partial charge in [0.25, 0.3) is 6.71 Å². The van der Waals surface area contributed by atoms with E-state index in [1.807, 2.05) is 0 Å². The van der Waals surface area contributed by atoms with Gasteiger partial charge in [-0.2, -0.15) is 0 Å². The van der Waals surface area contributed by atoms with Crippen LogP contribution in [-0.4, -0.2) is 6.71 Å². The third kappa shape index (κ3) is 7.69. The number of rotatable bonds is 3. The molecular formula is C75H91BN2O. The molecule has 0 radical (unpaired) electrons. The number of nitrogens with zero attached hydrogens (tertiary/aromatic N) is 2. The molecule has 0 saturated carbocycles. The second kappa shape index (κ2) is 16.4. The van der Waals surface area contributed by atoms with E-state index in [1.54, 1.807) is 0 Å². The van der Waals surface area contributed by atoms with E-state index in [9.17, 15) is 0 Å². The molecule has 410 valence electrons. The van der Waals surface area contributed by atoms with E-state index in [0.717, 1.165) is 49.8 Å². The van der Waals surface area contributed by atoms with Gasteiger partial charge in [0.1, 0.15) is 5.58 Å². The molecule has 0 N–H and O–H groups in total. The van der Waals surface area contributed by atoms with Crippen molar-refractivity contribution in [3.8, 4) is 11.1 Å². The molecule has 3 heterocycles. The normalized spacial score (nSPS) is 21.7. The minimum Gasteiger partial charge on any atom is -0.468 e. The van der Waals surface area contributed by atoms with Crippen LogP contribution in [0.5, 0.6) is 0 Å². The number of aryl methyl sites for hydroxylation is 1. The predicted octanol–water partition coefficient (Wildman–Crippen LogP) is 19.2. The number of fused-ring (bicyclic) bond motifs is 10. The van der Waals surface area contributed by atoms with Crippen LogP contribution in [0.3, 0.4) is 0 Å². The fraction of sp³-hybridized carbons (Fsp3) is 0.493. The van der Waals surface area contributed by atoms with E-state index in [-0.39, 0.29) is 55.4 Å². The van der Waals surface area contributed by atoms with E-state index in [4.69, 9.17) is 4.42 Å². The highest BCUT2D eigenvalue weighted by molar-refractivity contribution is 7.00. The van der Waals surface area contributed by atoms with Gasteiger partial charge < -0.3 is 14.2 Å². The van der Waals surface area contributed by atoms with Crippen LogP contribution < -0.4 is 26.4 Å². The summed E-state index contributed by atoms with van der Waals surface area (Å²) in [6.45, 7) is 49.2. The van der Waals surface area contributed by atoms with Crippen molar-refractivity contribution in [2.75, 3.05) is 9.80 Å². The number of anilines is 6. The lowest BCUT2D eigenvalue weighted by Crippen LogP contribution is -2.61. The van der Waals surface area contributed by atoms with Gasteiger partial charge >= 0.3 is 0 Å². The lowest BCUT2D eigenvalue weighted by Gasteiger charge is -2.48. The minimum absolute atomic E-state index is 0.00208. The Balaban J connectivity index is 1.20. The van der Waals surface area contributed by atoms with Crippen LogP contribution in [0, 0.1) is 6.92 Å². The summed E-state index contributed by atoms with van der Waals surface area (Å²) in [4.78, 5) is 5.48. The van der Waals surface area contributed by atoms with Crippen LogP contribution in [0.4, 0.5) is 34.1 Å². The van der Waals surface area contributed by atoms with Gasteiger partial charge in [-0.15, -0.1) is 0 Å². The summed E-state index contributed by atoms with van der Waals surface area (Å²) in [5.74, 6) is 0. The van der Waals surface area contributed by atoms with Crippen molar-refractivity contribution >= 4 is 68.4 Å². The highest BCUT2D eigenvalue weighted by Gasteiger charge is 2.51. The summed E-state index contributed by atoms with van der Waals surface area (Å²) in [6.07, 6.45) is 9.29. The van der Waals surface area contributed by atoms with Crippen molar-refractivity contribution in [3.05, 3.63) is 147 Å². The zero-order valence-electron chi connectivity index (χ0n) is 52.2. The smallest absolute Gasteiger partial charge is 0.297 e. The molecule has 0 saturated heterocycles. The summed E-state index contributed by atoms with van der Waals surface area (Å²) in [7, 11) is 0. The Morgan fingerprint density at radius 3 is 1.51 bits per heavy atom. The van der Waals surface area contributed by atoms with E-state index in [2.05, 4.69) is 239 Å². The number of hydrogen-bond donors (Lipinski definition) is 0. The number of hydrogen-bond acceptors (Lipinski definition) is 3. The SMILES string of the molecule is Cc1cc2c3c(c1)N(c1ccc4c(c1)C(C)(C)CCC4(C)C)c1c(oc4ccc(C(C)(C)C)cc14)B3c1cc3c(cc1N2c1cc2c(cc1-c1cccc4c1C(C)(C)CCC4(C)C)C(C)(C)CCC2(C)C)C(C)(C)CCC3(C)C. The van der Waals surface area contributed by atoms with E-state index >= 15 is 0 Å². The summed E-state index contributed by atoms with van der Waals surface area (Å²) in [5, 5.41) is 1.19. The van der Waals surface area contributed by atoms with E-state index < -0.39 is 0 Å². The molecule has 0 unspecified atom stereocenters. The standard InChI is InChI=1S/C75H91BN2O/c1-44-36-60-64-61(37-44)78(58-42-55-53(71(11,12)30-32-73(55,15)16)40-48(58)47-22-21-23-51-63(47)75(19,20)35-34-69(51,7)8)59-43-56-54(72(13,14)31-33-74(56,17)18)41-57(59)76(64)66-65(49-38-45(67(2,3)4)24-27-62(49)79-66)77(60)46-25-26-50-52(39-46)70(9,10)29-28-68(50,5)6/h21-27,36-43H,28-35H2,1-20H3. The Morgan fingerprint density at radius 1 is 0.430 bits per heavy atom. The summed E-state index contributed by atoms with van der Waals surface area (Å²) >= 11 is 0. The molecule has 13 rings (SSSR count). The summed E-state index contributed by atoms with van der Waals surface area (Å²) in [5.41, 5.74) is 29.7. The molecule has 0 amide bonds. The quantitative estimate of drug-likeness (QED) is 0.164. The van der Waals surface area contributed by atoms with Crippen molar-refractivity contribution in [1.82, 2.24) is 0 Å². The van der Waals surface area contributed by atoms with Gasteiger partial charge in [0, 0.05) is 33.7 Å². The Bertz CT molecular complexity index is 3760.